The fourth-order valence-corrected chi connectivity index (χ4v) is 4.63. The molecule has 10 nitrogen and oxygen atoms in total. The molecular weight excluding hydrogens is 461 g/mol. The number of halogens is 1. The van der Waals surface area contributed by atoms with Crippen molar-refractivity contribution in [3.05, 3.63) is 33.9 Å². The number of carboxylic acid groups (broad SMARTS) is 1. The van der Waals surface area contributed by atoms with Crippen LogP contribution in [0.5, 0.6) is 5.75 Å². The number of aliphatic hydroxyl groups excluding tert-OH is 1. The molecule has 1 amide bonds. The average Bonchev–Trinajstić information content (AvgIpc) is 2.75. The Bertz CT molecular complexity index is 1250. The number of aromatic carboxylic acids is 1. The molecule has 2 N–H and O–H groups in total. The number of carbonyl (C=O) groups excluding carboxylic acids is 1. The van der Waals surface area contributed by atoms with Gasteiger partial charge >= 0.3 is 12.1 Å². The van der Waals surface area contributed by atoms with Crippen molar-refractivity contribution in [1.29, 1.82) is 0 Å². The monoisotopic (exact) mass is 491 g/mol. The first-order chi connectivity index (χ1) is 16.3. The third kappa shape index (κ3) is 4.40. The highest BCUT2D eigenvalue weighted by molar-refractivity contribution is 5.97. The zero-order valence-electron chi connectivity index (χ0n) is 20.4. The maximum atomic E-state index is 15.5. The Morgan fingerprint density at radius 3 is 2.57 bits per heavy atom. The normalized spacial score (nSPS) is 21.0. The number of nitrogens with zero attached hydrogens (tertiary/aromatic N) is 3. The third-order valence-corrected chi connectivity index (χ3v) is 6.29. The lowest BCUT2D eigenvalue weighted by molar-refractivity contribution is -0.00566. The van der Waals surface area contributed by atoms with Crippen LogP contribution < -0.4 is 15.1 Å². The lowest BCUT2D eigenvalue weighted by Gasteiger charge is -2.44. The summed E-state index contributed by atoms with van der Waals surface area (Å²) in [5.74, 6) is -1.99. The SMILES string of the molecule is CC(O)[C@H]1CN(c2c(F)cc3c(=O)c(C(=O)O)cn4c3c2OC[C@@H]4C)CCN1C(=O)OC(C)(C)C. The molecule has 0 radical (unpaired) electrons. The van der Waals surface area contributed by atoms with E-state index in [1.54, 1.807) is 37.2 Å². The molecule has 0 saturated carbocycles. The number of ether oxygens (including phenoxy) is 2. The van der Waals surface area contributed by atoms with E-state index in [1.165, 1.54) is 11.1 Å². The molecular formula is C24H30FN3O7. The molecule has 1 saturated heterocycles. The van der Waals surface area contributed by atoms with Gasteiger partial charge in [0.2, 0.25) is 5.43 Å². The van der Waals surface area contributed by atoms with Crippen molar-refractivity contribution in [1.82, 2.24) is 9.47 Å². The zero-order chi connectivity index (χ0) is 25.8. The fourth-order valence-electron chi connectivity index (χ4n) is 4.63. The van der Waals surface area contributed by atoms with Gasteiger partial charge in [-0.3, -0.25) is 9.69 Å². The molecule has 3 heterocycles. The van der Waals surface area contributed by atoms with Gasteiger partial charge in [0.05, 0.1) is 29.1 Å². The summed E-state index contributed by atoms with van der Waals surface area (Å²) in [5, 5.41) is 19.8. The van der Waals surface area contributed by atoms with Crippen molar-refractivity contribution >= 4 is 28.7 Å². The minimum absolute atomic E-state index is 0.0767. The highest BCUT2D eigenvalue weighted by Gasteiger charge is 2.38. The zero-order valence-corrected chi connectivity index (χ0v) is 20.4. The second kappa shape index (κ2) is 8.71. The number of anilines is 1. The summed E-state index contributed by atoms with van der Waals surface area (Å²) in [6.45, 7) is 9.27. The summed E-state index contributed by atoms with van der Waals surface area (Å²) in [6, 6.07) is 0.0783. The Kier molecular flexibility index (Phi) is 6.16. The predicted octanol–water partition coefficient (Wildman–Crippen LogP) is 2.60. The molecule has 1 aromatic heterocycles. The number of aliphatic hydroxyl groups is 1. The lowest BCUT2D eigenvalue weighted by atomic mass is 10.0. The van der Waals surface area contributed by atoms with Crippen LogP contribution in [0.1, 0.15) is 51.0 Å². The summed E-state index contributed by atoms with van der Waals surface area (Å²) in [7, 11) is 0. The number of piperazine rings is 1. The smallest absolute Gasteiger partial charge is 0.410 e. The molecule has 4 rings (SSSR count). The van der Waals surface area contributed by atoms with E-state index in [0.717, 1.165) is 6.07 Å². The minimum Gasteiger partial charge on any atom is -0.487 e. The number of carbonyl (C=O) groups is 2. The topological polar surface area (TPSA) is 122 Å². The Morgan fingerprint density at radius 1 is 1.29 bits per heavy atom. The molecule has 190 valence electrons. The molecule has 1 fully saturated rings. The summed E-state index contributed by atoms with van der Waals surface area (Å²) < 4.78 is 28.6. The van der Waals surface area contributed by atoms with Gasteiger partial charge in [0.1, 0.15) is 23.5 Å². The first-order valence-electron chi connectivity index (χ1n) is 11.5. The van der Waals surface area contributed by atoms with Gasteiger partial charge in [-0.1, -0.05) is 0 Å². The molecule has 0 spiro atoms. The Labute approximate surface area is 201 Å². The van der Waals surface area contributed by atoms with E-state index in [9.17, 15) is 24.6 Å². The van der Waals surface area contributed by atoms with E-state index >= 15 is 4.39 Å². The summed E-state index contributed by atoms with van der Waals surface area (Å²) in [5.41, 5.74) is -1.52. The van der Waals surface area contributed by atoms with E-state index in [0.29, 0.717) is 5.52 Å². The molecule has 1 unspecified atom stereocenters. The van der Waals surface area contributed by atoms with Gasteiger partial charge in [-0.05, 0) is 40.7 Å². The van der Waals surface area contributed by atoms with Crippen molar-refractivity contribution < 1.29 is 33.7 Å². The van der Waals surface area contributed by atoms with Crippen LogP contribution in [0, 0.1) is 5.82 Å². The van der Waals surface area contributed by atoms with Crippen molar-refractivity contribution in [3.63, 3.8) is 0 Å². The molecule has 2 aromatic rings. The van der Waals surface area contributed by atoms with Gasteiger partial charge in [-0.15, -0.1) is 0 Å². The fraction of sp³-hybridized carbons (Fsp3) is 0.542. The summed E-state index contributed by atoms with van der Waals surface area (Å²) >= 11 is 0. The van der Waals surface area contributed by atoms with Crippen LogP contribution in [0.4, 0.5) is 14.9 Å². The van der Waals surface area contributed by atoms with E-state index in [-0.39, 0.29) is 49.1 Å². The third-order valence-electron chi connectivity index (χ3n) is 6.29. The molecule has 0 bridgehead atoms. The van der Waals surface area contributed by atoms with E-state index in [4.69, 9.17) is 9.47 Å². The molecule has 3 atom stereocenters. The van der Waals surface area contributed by atoms with Crippen LogP contribution in [-0.2, 0) is 4.74 Å². The summed E-state index contributed by atoms with van der Waals surface area (Å²) in [6.07, 6.45) is -0.226. The highest BCUT2D eigenvalue weighted by Crippen LogP contribution is 2.42. The van der Waals surface area contributed by atoms with Gasteiger partial charge in [0.25, 0.3) is 0 Å². The Balaban J connectivity index is 1.79. The minimum atomic E-state index is -1.39. The lowest BCUT2D eigenvalue weighted by Crippen LogP contribution is -2.60. The largest absolute Gasteiger partial charge is 0.487 e. The van der Waals surface area contributed by atoms with Crippen molar-refractivity contribution in [2.75, 3.05) is 31.1 Å². The Morgan fingerprint density at radius 2 is 1.97 bits per heavy atom. The van der Waals surface area contributed by atoms with Crippen LogP contribution >= 0.6 is 0 Å². The molecule has 0 aliphatic carbocycles. The molecule has 35 heavy (non-hydrogen) atoms. The van der Waals surface area contributed by atoms with Gasteiger partial charge in [-0.25, -0.2) is 14.0 Å². The van der Waals surface area contributed by atoms with Crippen LogP contribution in [-0.4, -0.2) is 75.7 Å². The average molecular weight is 492 g/mol. The first kappa shape index (κ1) is 24.8. The number of benzene rings is 1. The van der Waals surface area contributed by atoms with E-state index in [1.807, 2.05) is 6.92 Å². The molecule has 1 aromatic carbocycles. The van der Waals surface area contributed by atoms with Crippen molar-refractivity contribution in [3.8, 4) is 5.75 Å². The molecule has 2 aliphatic rings. The number of amides is 1. The maximum Gasteiger partial charge on any atom is 0.410 e. The number of rotatable bonds is 3. The van der Waals surface area contributed by atoms with Crippen LogP contribution in [0.15, 0.2) is 17.1 Å². The van der Waals surface area contributed by atoms with Crippen molar-refractivity contribution in [2.45, 2.75) is 58.4 Å². The van der Waals surface area contributed by atoms with Crippen molar-refractivity contribution in [2.24, 2.45) is 0 Å². The first-order valence-corrected chi connectivity index (χ1v) is 11.5. The number of hydrogen-bond acceptors (Lipinski definition) is 7. The van der Waals surface area contributed by atoms with Crippen LogP contribution in [0.25, 0.3) is 10.9 Å². The Hall–Kier alpha value is -3.34. The number of pyridine rings is 1. The standard InChI is InChI=1S/C24H30FN3O7/c1-12-11-34-21-18-14(20(30)15(22(31)32)9-28(12)18)8-16(25)19(21)26-6-7-27(17(10-26)13(2)29)23(33)35-24(3,4)5/h8-9,12-13,17,29H,6-7,10-11H2,1-5H3,(H,31,32)/t12-,13?,17+/m0/s1. The van der Waals surface area contributed by atoms with Crippen LogP contribution in [0.2, 0.25) is 0 Å². The maximum absolute atomic E-state index is 15.5. The van der Waals surface area contributed by atoms with Gasteiger partial charge in [0.15, 0.2) is 11.6 Å². The molecule has 2 aliphatic heterocycles. The second-order valence-corrected chi connectivity index (χ2v) is 10.1. The number of hydrogen-bond donors (Lipinski definition) is 2. The predicted molar refractivity (Wildman–Crippen MR) is 126 cm³/mol. The highest BCUT2D eigenvalue weighted by atomic mass is 19.1. The van der Waals surface area contributed by atoms with E-state index < -0.39 is 46.6 Å². The van der Waals surface area contributed by atoms with Gasteiger partial charge in [-0.2, -0.15) is 0 Å². The van der Waals surface area contributed by atoms with Gasteiger partial charge in [0, 0.05) is 25.8 Å². The molecule has 11 heteroatoms. The quantitative estimate of drug-likeness (QED) is 0.672. The van der Waals surface area contributed by atoms with Gasteiger partial charge < -0.3 is 29.2 Å². The summed E-state index contributed by atoms with van der Waals surface area (Å²) in [4.78, 5) is 40.3. The second-order valence-electron chi connectivity index (χ2n) is 10.1. The van der Waals surface area contributed by atoms with E-state index in [2.05, 4.69) is 0 Å². The van der Waals surface area contributed by atoms with Crippen LogP contribution in [0.3, 0.4) is 0 Å². The number of aromatic nitrogens is 1. The number of carboxylic acids is 1.